The molecule has 34 heavy (non-hydrogen) atoms. The Morgan fingerprint density at radius 3 is 2.71 bits per heavy atom. The zero-order valence-electron chi connectivity index (χ0n) is 17.7. The van der Waals surface area contributed by atoms with Crippen molar-refractivity contribution in [2.45, 2.75) is 32.0 Å². The maximum atomic E-state index is 13.6. The molecule has 3 heterocycles. The zero-order valence-corrected chi connectivity index (χ0v) is 18.5. The molecule has 0 saturated heterocycles. The molecule has 4 aromatic rings. The molecule has 0 spiro atoms. The zero-order chi connectivity index (χ0) is 24.8. The van der Waals surface area contributed by atoms with Crippen molar-refractivity contribution in [1.82, 2.24) is 19.6 Å². The summed E-state index contributed by atoms with van der Waals surface area (Å²) in [5.74, 6) is -0.228. The third kappa shape index (κ3) is 3.93. The molecule has 0 aliphatic heterocycles. The molecule has 0 saturated carbocycles. The highest BCUT2D eigenvalue weighted by molar-refractivity contribution is 6.31. The van der Waals surface area contributed by atoms with E-state index in [4.69, 9.17) is 11.6 Å². The van der Waals surface area contributed by atoms with Crippen LogP contribution in [0.3, 0.4) is 0 Å². The Morgan fingerprint density at radius 1 is 1.32 bits per heavy atom. The minimum absolute atomic E-state index is 0.0447. The van der Waals surface area contributed by atoms with E-state index in [2.05, 4.69) is 21.6 Å². The molecule has 0 aliphatic rings. The van der Waals surface area contributed by atoms with Crippen molar-refractivity contribution in [3.8, 4) is 22.9 Å². The van der Waals surface area contributed by atoms with E-state index in [1.54, 1.807) is 31.2 Å². The molecular formula is C23H17ClF3N5O2. The second-order valence-corrected chi connectivity index (χ2v) is 8.05. The Kier molecular flexibility index (Phi) is 5.93. The van der Waals surface area contributed by atoms with Gasteiger partial charge in [0.2, 0.25) is 0 Å². The van der Waals surface area contributed by atoms with Crippen molar-refractivity contribution in [2.24, 2.45) is 0 Å². The molecule has 7 nitrogen and oxygen atoms in total. The minimum Gasteiger partial charge on any atom is -0.506 e. The summed E-state index contributed by atoms with van der Waals surface area (Å²) >= 11 is 6.07. The monoisotopic (exact) mass is 487 g/mol. The summed E-state index contributed by atoms with van der Waals surface area (Å²) in [7, 11) is 0. The number of benzene rings is 1. The van der Waals surface area contributed by atoms with Crippen LogP contribution in [0.4, 0.5) is 13.2 Å². The summed E-state index contributed by atoms with van der Waals surface area (Å²) in [6, 6.07) is 6.38. The molecule has 174 valence electrons. The van der Waals surface area contributed by atoms with Crippen LogP contribution in [0.1, 0.15) is 29.1 Å². The Morgan fingerprint density at radius 2 is 2.06 bits per heavy atom. The van der Waals surface area contributed by atoms with Crippen LogP contribution < -0.4 is 0 Å². The number of halogens is 4. The summed E-state index contributed by atoms with van der Waals surface area (Å²) in [6.07, 6.45) is -3.16. The lowest BCUT2D eigenvalue weighted by atomic mass is 9.95. The molecule has 0 bridgehead atoms. The molecule has 1 atom stereocenters. The first-order valence-corrected chi connectivity index (χ1v) is 10.4. The van der Waals surface area contributed by atoms with Crippen molar-refractivity contribution in [1.29, 1.82) is 5.26 Å². The van der Waals surface area contributed by atoms with Gasteiger partial charge >= 0.3 is 6.18 Å². The molecule has 2 N–H and O–H groups in total. The lowest BCUT2D eigenvalue weighted by Crippen LogP contribution is -2.12. The van der Waals surface area contributed by atoms with Crippen LogP contribution >= 0.6 is 11.6 Å². The molecular weight excluding hydrogens is 471 g/mol. The molecule has 0 fully saturated rings. The predicted octanol–water partition coefficient (Wildman–Crippen LogP) is 4.98. The van der Waals surface area contributed by atoms with E-state index in [1.165, 1.54) is 12.3 Å². The number of nitriles is 1. The first-order valence-electron chi connectivity index (χ1n) is 10.0. The summed E-state index contributed by atoms with van der Waals surface area (Å²) < 4.78 is 41.9. The number of aryl methyl sites for hydroxylation is 2. The average Bonchev–Trinajstić information content (AvgIpc) is 3.16. The van der Waals surface area contributed by atoms with Crippen molar-refractivity contribution in [3.63, 3.8) is 0 Å². The molecule has 0 amide bonds. The van der Waals surface area contributed by atoms with Gasteiger partial charge in [-0.25, -0.2) is 9.50 Å². The normalized spacial score (nSPS) is 12.7. The van der Waals surface area contributed by atoms with E-state index in [0.717, 1.165) is 4.52 Å². The minimum atomic E-state index is -4.88. The smallest absolute Gasteiger partial charge is 0.436 e. The van der Waals surface area contributed by atoms with Crippen LogP contribution in [0.2, 0.25) is 5.02 Å². The third-order valence-corrected chi connectivity index (χ3v) is 5.67. The molecule has 0 radical (unpaired) electrons. The number of hydrogen-bond donors (Lipinski definition) is 2. The first-order chi connectivity index (χ1) is 16.1. The standard InChI is InChI=1S/C23H17ClF3N5O2/c1-3-13(33)5-7-17-19(20-14-6-4-12(24)8-16(14)29-10-18(20)34)11(2)30-22-15(9-28)21(23(25,26)27)31-32(17)22/h3-4,6,8,10,13,33-34H,1,5,7H2,2H3. The van der Waals surface area contributed by atoms with Gasteiger partial charge in [0.25, 0.3) is 0 Å². The Bertz CT molecular complexity index is 1490. The number of aromatic hydroxyl groups is 1. The van der Waals surface area contributed by atoms with Gasteiger partial charge in [0.15, 0.2) is 11.3 Å². The number of rotatable bonds is 5. The van der Waals surface area contributed by atoms with Crippen LogP contribution in [0, 0.1) is 18.3 Å². The van der Waals surface area contributed by atoms with E-state index >= 15 is 0 Å². The van der Waals surface area contributed by atoms with Gasteiger partial charge in [-0.1, -0.05) is 23.7 Å². The second kappa shape index (κ2) is 8.59. The number of pyridine rings is 1. The number of alkyl halides is 3. The lowest BCUT2D eigenvalue weighted by molar-refractivity contribution is -0.141. The lowest BCUT2D eigenvalue weighted by Gasteiger charge is -2.18. The Balaban J connectivity index is 2.14. The SMILES string of the molecule is C=CC(O)CCc1c(-c2c(O)cnc3cc(Cl)ccc23)c(C)nc2c(C#N)c(C(F)(F)F)nn12. The molecule has 0 aliphatic carbocycles. The van der Waals surface area contributed by atoms with E-state index < -0.39 is 23.5 Å². The number of aliphatic hydroxyl groups excluding tert-OH is 1. The quantitative estimate of drug-likeness (QED) is 0.384. The number of nitrogens with zero attached hydrogens (tertiary/aromatic N) is 5. The number of fused-ring (bicyclic) bond motifs is 2. The van der Waals surface area contributed by atoms with Gasteiger partial charge in [-0.05, 0) is 31.9 Å². The maximum Gasteiger partial charge on any atom is 0.436 e. The van der Waals surface area contributed by atoms with E-state index in [9.17, 15) is 28.6 Å². The van der Waals surface area contributed by atoms with E-state index in [1.807, 2.05) is 0 Å². The fraction of sp³-hybridized carbons (Fsp3) is 0.217. The highest BCUT2D eigenvalue weighted by Crippen LogP contribution is 2.41. The van der Waals surface area contributed by atoms with Gasteiger partial charge in [-0.2, -0.15) is 23.5 Å². The second-order valence-electron chi connectivity index (χ2n) is 7.61. The third-order valence-electron chi connectivity index (χ3n) is 5.43. The van der Waals surface area contributed by atoms with E-state index in [0.29, 0.717) is 21.5 Å². The molecule has 4 rings (SSSR count). The van der Waals surface area contributed by atoms with Gasteiger partial charge in [0.05, 0.1) is 23.5 Å². The highest BCUT2D eigenvalue weighted by Gasteiger charge is 2.39. The summed E-state index contributed by atoms with van der Waals surface area (Å²) in [5, 5.41) is 34.8. The van der Waals surface area contributed by atoms with Crippen molar-refractivity contribution in [3.05, 3.63) is 64.7 Å². The van der Waals surface area contributed by atoms with Gasteiger partial charge in [-0.3, -0.25) is 4.98 Å². The average molecular weight is 488 g/mol. The largest absolute Gasteiger partial charge is 0.506 e. The molecule has 1 aromatic carbocycles. The molecule has 11 heteroatoms. The van der Waals surface area contributed by atoms with Crippen molar-refractivity contribution < 1.29 is 23.4 Å². The topological polar surface area (TPSA) is 107 Å². The highest BCUT2D eigenvalue weighted by atomic mass is 35.5. The van der Waals surface area contributed by atoms with Crippen molar-refractivity contribution in [2.75, 3.05) is 0 Å². The summed E-state index contributed by atoms with van der Waals surface area (Å²) in [4.78, 5) is 8.45. The van der Waals surface area contributed by atoms with E-state index in [-0.39, 0.29) is 41.2 Å². The molecule has 1 unspecified atom stereocenters. The summed E-state index contributed by atoms with van der Waals surface area (Å²) in [5.41, 5.74) is -0.794. The number of hydrogen-bond acceptors (Lipinski definition) is 6. The molecule has 3 aromatic heterocycles. The van der Waals surface area contributed by atoms with Crippen LogP contribution in [0.15, 0.2) is 37.1 Å². The van der Waals surface area contributed by atoms with Crippen LogP contribution in [0.25, 0.3) is 27.7 Å². The van der Waals surface area contributed by atoms with Crippen molar-refractivity contribution >= 4 is 28.2 Å². The van der Waals surface area contributed by atoms with Crippen LogP contribution in [0.5, 0.6) is 5.75 Å². The van der Waals surface area contributed by atoms with Crippen LogP contribution in [-0.2, 0) is 12.6 Å². The van der Waals surface area contributed by atoms with Crippen LogP contribution in [-0.4, -0.2) is 35.9 Å². The number of aliphatic hydroxyl groups is 1. The fourth-order valence-corrected chi connectivity index (χ4v) is 4.08. The van der Waals surface area contributed by atoms with Gasteiger partial charge < -0.3 is 10.2 Å². The first kappa shape index (κ1) is 23.5. The predicted molar refractivity (Wildman–Crippen MR) is 119 cm³/mol. The Hall–Kier alpha value is -3.68. The number of aromatic nitrogens is 4. The summed E-state index contributed by atoms with van der Waals surface area (Å²) in [6.45, 7) is 5.08. The maximum absolute atomic E-state index is 13.6. The Labute approximate surface area is 196 Å². The van der Waals surface area contributed by atoms with Gasteiger partial charge in [-0.15, -0.1) is 6.58 Å². The van der Waals surface area contributed by atoms with Gasteiger partial charge in [0.1, 0.15) is 17.4 Å². The fourth-order valence-electron chi connectivity index (χ4n) is 3.91. The van der Waals surface area contributed by atoms with Gasteiger partial charge in [0, 0.05) is 27.2 Å².